The number of nitrogens with one attached hydrogen (secondary N) is 2. The first-order valence-corrected chi connectivity index (χ1v) is 15.4. The lowest BCUT2D eigenvalue weighted by molar-refractivity contribution is 0.0522. The van der Waals surface area contributed by atoms with Crippen LogP contribution in [0.3, 0.4) is 0 Å². The summed E-state index contributed by atoms with van der Waals surface area (Å²) >= 11 is 0. The van der Waals surface area contributed by atoms with E-state index >= 15 is 0 Å². The van der Waals surface area contributed by atoms with E-state index in [4.69, 9.17) is 19.4 Å². The van der Waals surface area contributed by atoms with Crippen molar-refractivity contribution in [3.05, 3.63) is 97.0 Å². The predicted molar refractivity (Wildman–Crippen MR) is 186 cm³/mol. The Bertz CT molecular complexity index is 2110. The van der Waals surface area contributed by atoms with Crippen LogP contribution in [-0.4, -0.2) is 74.5 Å². The average Bonchev–Trinajstić information content (AvgIpc) is 3.48. The second-order valence-electron chi connectivity index (χ2n) is 12.4. The maximum atomic E-state index is 12.8. The lowest BCUT2D eigenvalue weighted by Crippen LogP contribution is -2.27. The molecule has 244 valence electrons. The monoisotopic (exact) mass is 644 g/mol. The number of benzene rings is 3. The maximum Gasteiger partial charge on any atom is 0.435 e. The van der Waals surface area contributed by atoms with E-state index in [9.17, 15) is 9.59 Å². The molecule has 12 nitrogen and oxygen atoms in total. The Morgan fingerprint density at radius 3 is 2.54 bits per heavy atom. The first kappa shape index (κ1) is 32.1. The SMILES string of the molecule is CN(C)CCOc1ccc2nc(-c3cccc(NC(=O)c4cccnc4)c3)nc(Nc3ccc4c(cnn4C(=O)OC(C)(C)C)c3)c2c1. The summed E-state index contributed by atoms with van der Waals surface area (Å²) in [5.74, 6) is 1.44. The Hall–Kier alpha value is -5.88. The highest BCUT2D eigenvalue weighted by Gasteiger charge is 2.20. The molecule has 0 aliphatic carbocycles. The molecule has 48 heavy (non-hydrogen) atoms. The van der Waals surface area contributed by atoms with Crippen molar-refractivity contribution in [3.63, 3.8) is 0 Å². The van der Waals surface area contributed by atoms with Gasteiger partial charge in [-0.25, -0.2) is 14.8 Å². The molecule has 3 heterocycles. The van der Waals surface area contributed by atoms with Gasteiger partial charge in [-0.15, -0.1) is 0 Å². The number of hydrogen-bond donors (Lipinski definition) is 2. The van der Waals surface area contributed by atoms with E-state index in [2.05, 4.69) is 25.6 Å². The topological polar surface area (TPSA) is 136 Å². The molecule has 6 aromatic rings. The Morgan fingerprint density at radius 1 is 0.917 bits per heavy atom. The molecule has 0 spiro atoms. The molecule has 0 aliphatic rings. The Kier molecular flexibility index (Phi) is 9.00. The minimum absolute atomic E-state index is 0.269. The summed E-state index contributed by atoms with van der Waals surface area (Å²) in [4.78, 5) is 41.4. The number of amides is 1. The van der Waals surface area contributed by atoms with Gasteiger partial charge in [0.15, 0.2) is 5.82 Å². The van der Waals surface area contributed by atoms with Crippen molar-refractivity contribution in [2.24, 2.45) is 0 Å². The molecule has 1 amide bonds. The molecular formula is C36H36N8O4. The van der Waals surface area contributed by atoms with Crippen LogP contribution in [0.1, 0.15) is 31.1 Å². The van der Waals surface area contributed by atoms with Crippen molar-refractivity contribution >= 4 is 51.0 Å². The molecule has 0 aliphatic heterocycles. The number of nitrogens with zero attached hydrogens (tertiary/aromatic N) is 6. The predicted octanol–water partition coefficient (Wildman–Crippen LogP) is 6.76. The molecule has 3 aromatic heterocycles. The van der Waals surface area contributed by atoms with Gasteiger partial charge in [-0.1, -0.05) is 12.1 Å². The molecular weight excluding hydrogens is 608 g/mol. The average molecular weight is 645 g/mol. The third kappa shape index (κ3) is 7.56. The van der Waals surface area contributed by atoms with Crippen LogP contribution in [-0.2, 0) is 4.74 Å². The fraction of sp³-hybridized carbons (Fsp3) is 0.222. The summed E-state index contributed by atoms with van der Waals surface area (Å²) in [5, 5.41) is 12.1. The van der Waals surface area contributed by atoms with Gasteiger partial charge in [-0.2, -0.15) is 9.78 Å². The summed E-state index contributed by atoms with van der Waals surface area (Å²) in [6.45, 7) is 6.73. The van der Waals surface area contributed by atoms with Crippen molar-refractivity contribution in [2.75, 3.05) is 37.9 Å². The van der Waals surface area contributed by atoms with Crippen LogP contribution in [0, 0.1) is 0 Å². The van der Waals surface area contributed by atoms with Gasteiger partial charge in [0.05, 0.1) is 22.8 Å². The normalized spacial score (nSPS) is 11.5. The summed E-state index contributed by atoms with van der Waals surface area (Å²) in [6.07, 6.45) is 4.21. The molecule has 0 unspecified atom stereocenters. The van der Waals surface area contributed by atoms with E-state index in [0.717, 1.165) is 23.0 Å². The van der Waals surface area contributed by atoms with Crippen LogP contribution >= 0.6 is 0 Å². The third-order valence-electron chi connectivity index (χ3n) is 7.17. The fourth-order valence-corrected chi connectivity index (χ4v) is 4.90. The first-order chi connectivity index (χ1) is 23.0. The second-order valence-corrected chi connectivity index (χ2v) is 12.4. The van der Waals surface area contributed by atoms with Crippen molar-refractivity contribution in [2.45, 2.75) is 26.4 Å². The van der Waals surface area contributed by atoms with Crippen LogP contribution in [0.25, 0.3) is 33.2 Å². The molecule has 0 fully saturated rings. The zero-order valence-corrected chi connectivity index (χ0v) is 27.4. The number of aromatic nitrogens is 5. The lowest BCUT2D eigenvalue weighted by Gasteiger charge is -2.19. The summed E-state index contributed by atoms with van der Waals surface area (Å²) in [5.41, 5.74) is 3.15. The zero-order valence-electron chi connectivity index (χ0n) is 27.4. The van der Waals surface area contributed by atoms with Crippen LogP contribution in [0.2, 0.25) is 0 Å². The van der Waals surface area contributed by atoms with Crippen molar-refractivity contribution < 1.29 is 19.1 Å². The highest BCUT2D eigenvalue weighted by molar-refractivity contribution is 6.04. The minimum atomic E-state index is -0.651. The minimum Gasteiger partial charge on any atom is -0.492 e. The van der Waals surface area contributed by atoms with E-state index in [-0.39, 0.29) is 5.91 Å². The number of pyridine rings is 1. The number of hydrogen-bond acceptors (Lipinski definition) is 10. The van der Waals surface area contributed by atoms with Crippen molar-refractivity contribution in [1.82, 2.24) is 29.6 Å². The molecule has 2 N–H and O–H groups in total. The van der Waals surface area contributed by atoms with Crippen molar-refractivity contribution in [1.29, 1.82) is 0 Å². The lowest BCUT2D eigenvalue weighted by atomic mass is 10.1. The number of ether oxygens (including phenoxy) is 2. The van der Waals surface area contributed by atoms with Gasteiger partial charge < -0.3 is 25.0 Å². The van der Waals surface area contributed by atoms with Gasteiger partial charge in [-0.3, -0.25) is 9.78 Å². The number of anilines is 3. The maximum absolute atomic E-state index is 12.8. The number of carbonyl (C=O) groups is 2. The summed E-state index contributed by atoms with van der Waals surface area (Å²) in [7, 11) is 3.99. The quantitative estimate of drug-likeness (QED) is 0.174. The van der Waals surface area contributed by atoms with E-state index in [1.165, 1.54) is 10.9 Å². The number of fused-ring (bicyclic) bond motifs is 2. The van der Waals surface area contributed by atoms with Gasteiger partial charge in [0, 0.05) is 46.6 Å². The molecule has 12 heteroatoms. The van der Waals surface area contributed by atoms with E-state index in [1.54, 1.807) is 24.5 Å². The Labute approximate surface area is 277 Å². The molecule has 0 radical (unpaired) electrons. The highest BCUT2D eigenvalue weighted by Crippen LogP contribution is 2.32. The first-order valence-electron chi connectivity index (χ1n) is 15.4. The van der Waals surface area contributed by atoms with Crippen LogP contribution in [0.5, 0.6) is 5.75 Å². The highest BCUT2D eigenvalue weighted by atomic mass is 16.6. The molecule has 0 atom stereocenters. The third-order valence-corrected chi connectivity index (χ3v) is 7.17. The van der Waals surface area contributed by atoms with E-state index in [0.29, 0.717) is 51.8 Å². The van der Waals surface area contributed by atoms with Crippen molar-refractivity contribution in [3.8, 4) is 17.1 Å². The Balaban J connectivity index is 1.35. The molecule has 3 aromatic carbocycles. The molecule has 0 bridgehead atoms. The number of rotatable bonds is 9. The van der Waals surface area contributed by atoms with E-state index in [1.807, 2.05) is 95.5 Å². The molecule has 0 saturated heterocycles. The second kappa shape index (κ2) is 13.5. The molecule has 6 rings (SSSR count). The van der Waals surface area contributed by atoms with Crippen LogP contribution in [0.15, 0.2) is 91.4 Å². The van der Waals surface area contributed by atoms with E-state index < -0.39 is 11.7 Å². The number of carbonyl (C=O) groups excluding carboxylic acids is 2. The fourth-order valence-electron chi connectivity index (χ4n) is 4.90. The largest absolute Gasteiger partial charge is 0.492 e. The van der Waals surface area contributed by atoms with Gasteiger partial charge >= 0.3 is 6.09 Å². The summed E-state index contributed by atoms with van der Waals surface area (Å²) in [6, 6.07) is 22.0. The smallest absolute Gasteiger partial charge is 0.435 e. The van der Waals surface area contributed by atoms with Gasteiger partial charge in [0.1, 0.15) is 23.8 Å². The summed E-state index contributed by atoms with van der Waals surface area (Å²) < 4.78 is 12.8. The van der Waals surface area contributed by atoms with Gasteiger partial charge in [0.2, 0.25) is 0 Å². The standard InChI is InChI=1S/C36H36N8O4/c1-36(2,3)48-35(46)44-31-14-11-27(19-25(31)22-38-44)39-33-29-20-28(47-17-16-43(4)5)12-13-30(29)41-32(42-33)23-8-6-10-26(18-23)40-34(45)24-9-7-15-37-21-24/h6-15,18-22H,16-17H2,1-5H3,(H,40,45)(H,39,41,42). The van der Waals surface area contributed by atoms with Crippen LogP contribution < -0.4 is 15.4 Å². The Morgan fingerprint density at radius 2 is 1.77 bits per heavy atom. The number of likely N-dealkylation sites (N-methyl/N-ethyl adjacent to an activating group) is 1. The zero-order chi connectivity index (χ0) is 33.8. The van der Waals surface area contributed by atoms with Gasteiger partial charge in [0.25, 0.3) is 5.91 Å². The molecule has 0 saturated carbocycles. The van der Waals surface area contributed by atoms with Crippen LogP contribution in [0.4, 0.5) is 22.0 Å². The van der Waals surface area contributed by atoms with Gasteiger partial charge in [-0.05, 0) is 95.5 Å².